The van der Waals surface area contributed by atoms with E-state index in [0.29, 0.717) is 10.6 Å². The summed E-state index contributed by atoms with van der Waals surface area (Å²) in [6.07, 6.45) is 0. The summed E-state index contributed by atoms with van der Waals surface area (Å²) in [5.74, 6) is 0.676. The highest BCUT2D eigenvalue weighted by Crippen LogP contribution is 2.22. The van der Waals surface area contributed by atoms with Gasteiger partial charge in [-0.25, -0.2) is 8.42 Å². The lowest BCUT2D eigenvalue weighted by Gasteiger charge is -2.05. The first-order valence-electron chi connectivity index (χ1n) is 5.84. The second kappa shape index (κ2) is 7.11. The Kier molecular flexibility index (Phi) is 5.72. The summed E-state index contributed by atoms with van der Waals surface area (Å²) in [5, 5.41) is 0. The zero-order valence-corrected chi connectivity index (χ0v) is 15.2. The van der Waals surface area contributed by atoms with Crippen LogP contribution in [-0.2, 0) is 9.84 Å². The van der Waals surface area contributed by atoms with E-state index in [-0.39, 0.29) is 5.75 Å². The van der Waals surface area contributed by atoms with Crippen molar-refractivity contribution in [3.63, 3.8) is 0 Å². The molecule has 2 nitrogen and oxygen atoms in total. The Morgan fingerprint density at radius 1 is 0.850 bits per heavy atom. The third kappa shape index (κ3) is 4.62. The van der Waals surface area contributed by atoms with Crippen molar-refractivity contribution < 1.29 is 8.42 Å². The fraction of sp³-hybridized carbons (Fsp3) is 0.143. The van der Waals surface area contributed by atoms with Crippen LogP contribution in [-0.4, -0.2) is 19.9 Å². The molecule has 2 aromatic carbocycles. The van der Waals surface area contributed by atoms with Gasteiger partial charge in [-0.3, -0.25) is 0 Å². The van der Waals surface area contributed by atoms with Gasteiger partial charge in [0, 0.05) is 19.6 Å². The first-order chi connectivity index (χ1) is 9.47. The fourth-order valence-electron chi connectivity index (χ4n) is 1.56. The Morgan fingerprint density at radius 3 is 1.90 bits per heavy atom. The highest BCUT2D eigenvalue weighted by molar-refractivity contribution is 9.10. The minimum Gasteiger partial charge on any atom is -0.224 e. The third-order valence-corrected chi connectivity index (χ3v) is 6.67. The summed E-state index contributed by atoms with van der Waals surface area (Å²) in [6, 6.07) is 14.6. The number of hydrogen-bond donors (Lipinski definition) is 0. The molecule has 0 aliphatic heterocycles. The zero-order valence-electron chi connectivity index (χ0n) is 10.4. The summed E-state index contributed by atoms with van der Waals surface area (Å²) in [7, 11) is -3.21. The normalized spacial score (nSPS) is 11.5. The summed E-state index contributed by atoms with van der Waals surface area (Å²) in [6.45, 7) is 0. The quantitative estimate of drug-likeness (QED) is 0.633. The maximum atomic E-state index is 12.2. The number of benzene rings is 2. The van der Waals surface area contributed by atoms with Gasteiger partial charge in [0.1, 0.15) is 0 Å². The smallest absolute Gasteiger partial charge is 0.179 e. The van der Waals surface area contributed by atoms with Crippen molar-refractivity contribution in [1.29, 1.82) is 0 Å². The number of halogens is 2. The average molecular weight is 436 g/mol. The van der Waals surface area contributed by atoms with Gasteiger partial charge in [-0.2, -0.15) is 0 Å². The van der Waals surface area contributed by atoms with Crippen molar-refractivity contribution in [2.45, 2.75) is 9.79 Å². The second-order valence-electron chi connectivity index (χ2n) is 4.08. The van der Waals surface area contributed by atoms with Crippen LogP contribution in [0, 0.1) is 0 Å². The molecule has 0 aliphatic rings. The lowest BCUT2D eigenvalue weighted by Crippen LogP contribution is -2.08. The minimum absolute atomic E-state index is 0.134. The van der Waals surface area contributed by atoms with Crippen molar-refractivity contribution in [3.8, 4) is 0 Å². The summed E-state index contributed by atoms with van der Waals surface area (Å²) >= 11 is 8.22. The fourth-order valence-corrected chi connectivity index (χ4v) is 4.65. The van der Waals surface area contributed by atoms with E-state index in [1.165, 1.54) is 0 Å². The van der Waals surface area contributed by atoms with E-state index in [4.69, 9.17) is 0 Å². The molecular weight excluding hydrogens is 424 g/mol. The van der Waals surface area contributed by atoms with E-state index in [1.54, 1.807) is 36.0 Å². The molecule has 2 aromatic rings. The van der Waals surface area contributed by atoms with E-state index >= 15 is 0 Å². The Labute approximate surface area is 140 Å². The Balaban J connectivity index is 1.96. The van der Waals surface area contributed by atoms with Gasteiger partial charge in [0.15, 0.2) is 9.84 Å². The van der Waals surface area contributed by atoms with Crippen LogP contribution in [0.2, 0.25) is 0 Å². The highest BCUT2D eigenvalue weighted by atomic mass is 79.9. The van der Waals surface area contributed by atoms with Gasteiger partial charge < -0.3 is 0 Å². The number of hydrogen-bond acceptors (Lipinski definition) is 3. The third-order valence-electron chi connectivity index (χ3n) is 2.61. The molecule has 0 saturated heterocycles. The molecule has 0 aliphatic carbocycles. The van der Waals surface area contributed by atoms with E-state index < -0.39 is 9.84 Å². The summed E-state index contributed by atoms with van der Waals surface area (Å²) < 4.78 is 26.2. The topological polar surface area (TPSA) is 34.1 Å². The van der Waals surface area contributed by atoms with Crippen LogP contribution in [0.4, 0.5) is 0 Å². The van der Waals surface area contributed by atoms with Crippen LogP contribution < -0.4 is 0 Å². The Morgan fingerprint density at radius 2 is 1.35 bits per heavy atom. The number of rotatable bonds is 5. The van der Waals surface area contributed by atoms with E-state index in [2.05, 4.69) is 31.9 Å². The van der Waals surface area contributed by atoms with Crippen LogP contribution in [0.15, 0.2) is 67.3 Å². The van der Waals surface area contributed by atoms with Gasteiger partial charge in [-0.05, 0) is 48.5 Å². The van der Waals surface area contributed by atoms with Crippen LogP contribution in [0.5, 0.6) is 0 Å². The van der Waals surface area contributed by atoms with Gasteiger partial charge in [0.05, 0.1) is 10.6 Å². The molecule has 0 heterocycles. The maximum Gasteiger partial charge on any atom is 0.179 e. The van der Waals surface area contributed by atoms with Gasteiger partial charge in [0.25, 0.3) is 0 Å². The van der Waals surface area contributed by atoms with Gasteiger partial charge in [0.2, 0.25) is 0 Å². The first-order valence-corrected chi connectivity index (χ1v) is 10.1. The van der Waals surface area contributed by atoms with Crippen LogP contribution in [0.25, 0.3) is 0 Å². The first kappa shape index (κ1) is 16.1. The molecule has 0 aromatic heterocycles. The second-order valence-corrected chi connectivity index (χ2v) is 9.18. The van der Waals surface area contributed by atoms with Crippen molar-refractivity contribution >= 4 is 53.5 Å². The molecule has 0 fully saturated rings. The molecule has 0 spiro atoms. The van der Waals surface area contributed by atoms with Crippen LogP contribution in [0.3, 0.4) is 0 Å². The predicted molar refractivity (Wildman–Crippen MR) is 91.1 cm³/mol. The standard InChI is InChI=1S/C14H12Br2O2S2/c15-11-1-5-13(6-2-11)19-9-10-20(17,18)14-7-3-12(16)4-8-14/h1-8H,9-10H2. The molecule has 2 rings (SSSR count). The Hall–Kier alpha value is -0.300. The highest BCUT2D eigenvalue weighted by Gasteiger charge is 2.13. The number of sulfone groups is 1. The molecule has 6 heteroatoms. The molecule has 20 heavy (non-hydrogen) atoms. The minimum atomic E-state index is -3.21. The summed E-state index contributed by atoms with van der Waals surface area (Å²) in [4.78, 5) is 1.44. The molecule has 0 amide bonds. The summed E-state index contributed by atoms with van der Waals surface area (Å²) in [5.41, 5.74) is 0. The van der Waals surface area contributed by atoms with Gasteiger partial charge in [-0.15, -0.1) is 11.8 Å². The van der Waals surface area contributed by atoms with E-state index in [1.807, 2.05) is 24.3 Å². The molecule has 0 saturated carbocycles. The lowest BCUT2D eigenvalue weighted by atomic mass is 10.4. The van der Waals surface area contributed by atoms with Gasteiger partial charge in [-0.1, -0.05) is 31.9 Å². The molecule has 0 unspecified atom stereocenters. The predicted octanol–water partition coefficient (Wildman–Crippen LogP) is 4.78. The molecule has 0 bridgehead atoms. The SMILES string of the molecule is O=S(=O)(CCSc1ccc(Br)cc1)c1ccc(Br)cc1. The lowest BCUT2D eigenvalue weighted by molar-refractivity contribution is 0.597. The van der Waals surface area contributed by atoms with Crippen LogP contribution >= 0.6 is 43.6 Å². The largest absolute Gasteiger partial charge is 0.224 e. The zero-order chi connectivity index (χ0) is 14.6. The number of thioether (sulfide) groups is 1. The molecule has 106 valence electrons. The molecule has 0 atom stereocenters. The van der Waals surface area contributed by atoms with Crippen molar-refractivity contribution in [2.24, 2.45) is 0 Å². The van der Waals surface area contributed by atoms with Crippen LogP contribution in [0.1, 0.15) is 0 Å². The van der Waals surface area contributed by atoms with Gasteiger partial charge >= 0.3 is 0 Å². The Bertz CT molecular complexity index is 665. The van der Waals surface area contributed by atoms with Crippen molar-refractivity contribution in [3.05, 3.63) is 57.5 Å². The molecule has 0 radical (unpaired) electrons. The van der Waals surface area contributed by atoms with E-state index in [9.17, 15) is 8.42 Å². The average Bonchev–Trinajstić information content (AvgIpc) is 2.41. The van der Waals surface area contributed by atoms with Crippen molar-refractivity contribution in [2.75, 3.05) is 11.5 Å². The van der Waals surface area contributed by atoms with E-state index in [0.717, 1.165) is 13.8 Å². The molecular formula is C14H12Br2O2S2. The monoisotopic (exact) mass is 434 g/mol. The molecule has 0 N–H and O–H groups in total. The maximum absolute atomic E-state index is 12.2. The van der Waals surface area contributed by atoms with Crippen molar-refractivity contribution in [1.82, 2.24) is 0 Å².